The molecule has 254 valence electrons. The molecule has 3 fully saturated rings. The number of anilines is 1. The Kier molecular flexibility index (Phi) is 8.31. The third-order valence-corrected chi connectivity index (χ3v) is 10.2. The van der Waals surface area contributed by atoms with Gasteiger partial charge in [0.05, 0.1) is 42.3 Å². The lowest BCUT2D eigenvalue weighted by molar-refractivity contribution is -0.121. The Morgan fingerprint density at radius 3 is 2.53 bits per heavy atom. The van der Waals surface area contributed by atoms with E-state index in [1.807, 2.05) is 11.0 Å². The highest BCUT2D eigenvalue weighted by Gasteiger charge is 2.43. The van der Waals surface area contributed by atoms with Crippen molar-refractivity contribution < 1.29 is 19.0 Å². The number of fused-ring (bicyclic) bond motifs is 5. The lowest BCUT2D eigenvalue weighted by Gasteiger charge is -2.43. The molecule has 3 aromatic rings. The zero-order chi connectivity index (χ0) is 33.2. The van der Waals surface area contributed by atoms with E-state index in [4.69, 9.17) is 9.84 Å². The molecule has 0 spiro atoms. The molecule has 47 heavy (non-hydrogen) atoms. The second-order valence-electron chi connectivity index (χ2n) is 15.6. The summed E-state index contributed by atoms with van der Waals surface area (Å²) in [6, 6.07) is 8.75. The number of pyridine rings is 1. The standard InChI is InChI=1S/C35H48FN7O4/c1-22-15-40(26(14-37-22)16-39-17-27-10-11-28(18-39)47-27)19-30(44)41-20-34(2,3)31-29(41)13-24(12-23-6-8-25(36)9-7-23)32-38-42(21-35(4,5)46)33(45)43(31)32/h6-9,13,22,26-28,37,46H,10-12,14-21H2,1-5H3/t22-,26-,27?,28?/m1/s1. The highest BCUT2D eigenvalue weighted by Crippen LogP contribution is 2.42. The van der Waals surface area contributed by atoms with Gasteiger partial charge in [-0.3, -0.25) is 14.6 Å². The van der Waals surface area contributed by atoms with Gasteiger partial charge in [0, 0.05) is 68.8 Å². The molecule has 0 saturated carbocycles. The number of aliphatic hydroxyl groups is 1. The Balaban J connectivity index is 1.23. The maximum atomic E-state index is 14.4. The zero-order valence-electron chi connectivity index (χ0n) is 28.2. The highest BCUT2D eigenvalue weighted by atomic mass is 19.1. The quantitative estimate of drug-likeness (QED) is 0.383. The molecule has 11 nitrogen and oxygen atoms in total. The largest absolute Gasteiger partial charge is 0.389 e. The molecular weight excluding hydrogens is 601 g/mol. The molecule has 7 rings (SSSR count). The summed E-state index contributed by atoms with van der Waals surface area (Å²) in [5.74, 6) is -0.319. The number of morpholine rings is 1. The van der Waals surface area contributed by atoms with Gasteiger partial charge >= 0.3 is 5.69 Å². The number of hydrogen-bond donors (Lipinski definition) is 2. The molecule has 2 N–H and O–H groups in total. The first-order valence-corrected chi connectivity index (χ1v) is 17.0. The van der Waals surface area contributed by atoms with E-state index in [0.29, 0.717) is 36.5 Å². The fraction of sp³-hybridized carbons (Fsp3) is 0.629. The van der Waals surface area contributed by atoms with Crippen molar-refractivity contribution >= 4 is 17.2 Å². The molecule has 4 aliphatic heterocycles. The lowest BCUT2D eigenvalue weighted by Crippen LogP contribution is -2.61. The molecular formula is C35H48FN7O4. The van der Waals surface area contributed by atoms with Crippen LogP contribution in [0.2, 0.25) is 0 Å². The zero-order valence-corrected chi connectivity index (χ0v) is 28.2. The van der Waals surface area contributed by atoms with Crippen molar-refractivity contribution in [2.75, 3.05) is 50.7 Å². The van der Waals surface area contributed by atoms with Crippen molar-refractivity contribution in [3.63, 3.8) is 0 Å². The molecule has 2 aromatic heterocycles. The minimum Gasteiger partial charge on any atom is -0.389 e. The third-order valence-electron chi connectivity index (χ3n) is 10.2. The van der Waals surface area contributed by atoms with Crippen LogP contribution in [0.3, 0.4) is 0 Å². The maximum Gasteiger partial charge on any atom is 0.350 e. The Labute approximate surface area is 275 Å². The second-order valence-corrected chi connectivity index (χ2v) is 15.6. The van der Waals surface area contributed by atoms with E-state index < -0.39 is 11.0 Å². The summed E-state index contributed by atoms with van der Waals surface area (Å²) >= 11 is 0. The molecule has 4 atom stereocenters. The first kappa shape index (κ1) is 32.4. The van der Waals surface area contributed by atoms with E-state index in [-0.39, 0.29) is 42.6 Å². The number of benzene rings is 1. The Hall–Kier alpha value is -3.16. The van der Waals surface area contributed by atoms with Crippen LogP contribution in [-0.2, 0) is 27.9 Å². The van der Waals surface area contributed by atoms with Gasteiger partial charge < -0.3 is 20.1 Å². The van der Waals surface area contributed by atoms with Crippen molar-refractivity contribution in [3.05, 3.63) is 63.5 Å². The molecule has 1 aromatic carbocycles. The maximum absolute atomic E-state index is 14.4. The van der Waals surface area contributed by atoms with Crippen molar-refractivity contribution in [2.24, 2.45) is 0 Å². The molecule has 6 heterocycles. The molecule has 4 aliphatic rings. The first-order chi connectivity index (χ1) is 22.2. The highest BCUT2D eigenvalue weighted by molar-refractivity contribution is 5.98. The van der Waals surface area contributed by atoms with E-state index >= 15 is 0 Å². The van der Waals surface area contributed by atoms with Crippen LogP contribution in [0.4, 0.5) is 10.1 Å². The van der Waals surface area contributed by atoms with Crippen LogP contribution in [-0.4, -0.2) is 111 Å². The SMILES string of the molecule is C[C@@H]1CN(CC(=O)N2CC(C)(C)c3c2cc(Cc2ccc(F)cc2)c2nn(CC(C)(C)O)c(=O)n32)[C@@H](CN2CC3CCC(C2)O3)CN1. The van der Waals surface area contributed by atoms with E-state index in [9.17, 15) is 19.1 Å². The number of amides is 1. The molecule has 2 unspecified atom stereocenters. The number of nitrogens with zero attached hydrogens (tertiary/aromatic N) is 6. The van der Waals surface area contributed by atoms with Gasteiger partial charge in [-0.15, -0.1) is 5.10 Å². The van der Waals surface area contributed by atoms with Crippen LogP contribution < -0.4 is 15.9 Å². The molecule has 1 amide bonds. The van der Waals surface area contributed by atoms with Crippen LogP contribution >= 0.6 is 0 Å². The average molecular weight is 650 g/mol. The van der Waals surface area contributed by atoms with Gasteiger partial charge in [0.15, 0.2) is 5.65 Å². The Morgan fingerprint density at radius 1 is 1.15 bits per heavy atom. The number of piperazine rings is 1. The van der Waals surface area contributed by atoms with Crippen molar-refractivity contribution in [1.82, 2.24) is 29.3 Å². The monoisotopic (exact) mass is 649 g/mol. The number of carbonyl (C=O) groups is 1. The molecule has 2 bridgehead atoms. The van der Waals surface area contributed by atoms with Gasteiger partial charge in [0.1, 0.15) is 5.82 Å². The van der Waals surface area contributed by atoms with Gasteiger partial charge in [0.2, 0.25) is 5.91 Å². The number of halogens is 1. The van der Waals surface area contributed by atoms with Crippen molar-refractivity contribution in [1.29, 1.82) is 0 Å². The Morgan fingerprint density at radius 2 is 1.85 bits per heavy atom. The number of hydrogen-bond acceptors (Lipinski definition) is 8. The van der Waals surface area contributed by atoms with E-state index in [2.05, 4.69) is 35.9 Å². The van der Waals surface area contributed by atoms with E-state index in [1.54, 1.807) is 30.4 Å². The van der Waals surface area contributed by atoms with Gasteiger partial charge in [-0.1, -0.05) is 26.0 Å². The summed E-state index contributed by atoms with van der Waals surface area (Å²) in [5, 5.41) is 18.9. The number of carbonyl (C=O) groups excluding carboxylic acids is 1. The predicted octanol–water partition coefficient (Wildman–Crippen LogP) is 2.15. The summed E-state index contributed by atoms with van der Waals surface area (Å²) in [6.45, 7) is 14.7. The molecule has 0 radical (unpaired) electrons. The second kappa shape index (κ2) is 12.1. The average Bonchev–Trinajstić information content (AvgIpc) is 3.60. The minimum atomic E-state index is -1.16. The lowest BCUT2D eigenvalue weighted by atomic mass is 9.90. The molecule has 0 aliphatic carbocycles. The fourth-order valence-electron chi connectivity index (χ4n) is 8.10. The summed E-state index contributed by atoms with van der Waals surface area (Å²) in [6.07, 6.45) is 3.30. The molecule has 12 heteroatoms. The van der Waals surface area contributed by atoms with Crippen LogP contribution in [0.5, 0.6) is 0 Å². The number of rotatable bonds is 8. The summed E-state index contributed by atoms with van der Waals surface area (Å²) < 4.78 is 22.8. The molecule has 3 saturated heterocycles. The predicted molar refractivity (Wildman–Crippen MR) is 177 cm³/mol. The van der Waals surface area contributed by atoms with E-state index in [1.165, 1.54) is 16.8 Å². The number of nitrogens with one attached hydrogen (secondary N) is 1. The van der Waals surface area contributed by atoms with Crippen LogP contribution in [0.15, 0.2) is 35.1 Å². The Bertz CT molecular complexity index is 1700. The van der Waals surface area contributed by atoms with Crippen LogP contribution in [0.1, 0.15) is 64.3 Å². The summed E-state index contributed by atoms with van der Waals surface area (Å²) in [4.78, 5) is 35.1. The topological polar surface area (TPSA) is 108 Å². The van der Waals surface area contributed by atoms with Gasteiger partial charge in [-0.05, 0) is 57.4 Å². The summed E-state index contributed by atoms with van der Waals surface area (Å²) in [7, 11) is 0. The number of aromatic nitrogens is 3. The van der Waals surface area contributed by atoms with Gasteiger partial charge in [0.25, 0.3) is 0 Å². The van der Waals surface area contributed by atoms with E-state index in [0.717, 1.165) is 62.4 Å². The van der Waals surface area contributed by atoms with Crippen molar-refractivity contribution in [2.45, 2.75) is 95.7 Å². The van der Waals surface area contributed by atoms with Crippen LogP contribution in [0.25, 0.3) is 5.65 Å². The van der Waals surface area contributed by atoms with Crippen molar-refractivity contribution in [3.8, 4) is 0 Å². The van der Waals surface area contributed by atoms with Gasteiger partial charge in [-0.25, -0.2) is 18.3 Å². The third kappa shape index (κ3) is 6.50. The van der Waals surface area contributed by atoms with Crippen LogP contribution in [0, 0.1) is 5.82 Å². The minimum absolute atomic E-state index is 0.00184. The summed E-state index contributed by atoms with van der Waals surface area (Å²) in [5.41, 5.74) is 1.51. The smallest absolute Gasteiger partial charge is 0.350 e. The fourth-order valence-corrected chi connectivity index (χ4v) is 8.10. The number of likely N-dealkylation sites (tertiary alicyclic amines) is 1. The number of ether oxygens (including phenoxy) is 1. The van der Waals surface area contributed by atoms with Gasteiger partial charge in [-0.2, -0.15) is 0 Å². The first-order valence-electron chi connectivity index (χ1n) is 17.0. The normalized spacial score (nSPS) is 26.3.